The number of aliphatic hydroxyl groups excluding tert-OH is 6. The van der Waals surface area contributed by atoms with E-state index in [1.165, 1.54) is 20.1 Å². The normalized spacial score (nSPS) is 32.0. The molecule has 45 heavy (non-hydrogen) atoms. The first-order valence-electron chi connectivity index (χ1n) is 13.5. The van der Waals surface area contributed by atoms with E-state index in [1.54, 1.807) is 0 Å². The van der Waals surface area contributed by atoms with Crippen LogP contribution in [0.25, 0.3) is 22.3 Å². The summed E-state index contributed by atoms with van der Waals surface area (Å²) in [5, 5.41) is 103. The molecule has 0 unspecified atom stereocenters. The molecule has 2 aliphatic rings. The number of benzene rings is 2. The van der Waals surface area contributed by atoms with Crippen LogP contribution >= 0.6 is 0 Å². The van der Waals surface area contributed by atoms with Gasteiger partial charge in [-0.3, -0.25) is 4.79 Å². The second kappa shape index (κ2) is 12.5. The molecular weight excluding hydrogens is 608 g/mol. The number of hydrogen-bond donors (Lipinski definition) is 10. The van der Waals surface area contributed by atoms with Gasteiger partial charge in [-0.1, -0.05) is 0 Å². The van der Waals surface area contributed by atoms with Gasteiger partial charge in [0.05, 0.1) is 19.8 Å². The Hall–Kier alpha value is -3.91. The monoisotopic (exact) mass is 640 g/mol. The zero-order chi connectivity index (χ0) is 32.9. The molecule has 17 heteroatoms. The maximum Gasteiger partial charge on any atom is 0.239 e. The SMILES string of the molecule is COc1cc(O)c2c(=O)c(O[C@@H]3O[C@@H](CO[C@@H]4O[C@@H](C)[C@H](O)[C@H](O)[C@H]4O)[C@H](O)[C@H](O)[C@@H]3O)c(-c3ccc(O)c(O)c3)oc2c1O. The van der Waals surface area contributed by atoms with Crippen molar-refractivity contribution in [3.05, 3.63) is 34.5 Å². The van der Waals surface area contributed by atoms with Crippen LogP contribution in [0.3, 0.4) is 0 Å². The van der Waals surface area contributed by atoms with Gasteiger partial charge in [-0.25, -0.2) is 0 Å². The quantitative estimate of drug-likeness (QED) is 0.102. The molecule has 0 saturated carbocycles. The average molecular weight is 641 g/mol. The van der Waals surface area contributed by atoms with Crippen molar-refractivity contribution < 1.29 is 79.2 Å². The standard InChI is InChI=1S/C28H32O17/c1-8-16(32)20(36)22(38)27(42-8)41-7-14-17(33)21(37)23(39)28(43-14)45-26-19(35)15-12(31)6-13(40-2)18(34)25(15)44-24(26)9-3-4-10(29)11(30)5-9/h3-6,8,14,16-17,20-23,27-34,36-39H,7H2,1-2H3/t8-,14-,16-,17-,20-,21-,22+,23-,27+,28-/m0/s1. The van der Waals surface area contributed by atoms with Crippen LogP contribution in [-0.2, 0) is 14.2 Å². The minimum atomic E-state index is -2.00. The summed E-state index contributed by atoms with van der Waals surface area (Å²) in [7, 11) is 1.18. The number of hydrogen-bond acceptors (Lipinski definition) is 17. The van der Waals surface area contributed by atoms with E-state index >= 15 is 0 Å². The van der Waals surface area contributed by atoms with E-state index in [4.69, 9.17) is 28.1 Å². The van der Waals surface area contributed by atoms with Gasteiger partial charge in [0.1, 0.15) is 53.9 Å². The van der Waals surface area contributed by atoms with E-state index in [0.717, 1.165) is 18.2 Å². The van der Waals surface area contributed by atoms with E-state index in [9.17, 15) is 55.9 Å². The van der Waals surface area contributed by atoms with Crippen molar-refractivity contribution in [2.24, 2.45) is 0 Å². The number of aliphatic hydroxyl groups is 6. The molecule has 0 bridgehead atoms. The van der Waals surface area contributed by atoms with Crippen molar-refractivity contribution >= 4 is 11.0 Å². The zero-order valence-electron chi connectivity index (χ0n) is 23.6. The van der Waals surface area contributed by atoms with Crippen molar-refractivity contribution in [1.29, 1.82) is 0 Å². The Morgan fingerprint density at radius 1 is 0.778 bits per heavy atom. The van der Waals surface area contributed by atoms with Gasteiger partial charge in [-0.2, -0.15) is 0 Å². The molecule has 2 fully saturated rings. The predicted octanol–water partition coefficient (Wildman–Crippen LogP) is -1.68. The topological polar surface area (TPSA) is 279 Å². The molecule has 0 radical (unpaired) electrons. The third kappa shape index (κ3) is 5.81. The number of rotatable bonds is 7. The summed E-state index contributed by atoms with van der Waals surface area (Å²) in [6.45, 7) is 0.793. The molecule has 0 amide bonds. The fraction of sp³-hybridized carbons (Fsp3) is 0.464. The minimum Gasteiger partial charge on any atom is -0.507 e. The van der Waals surface area contributed by atoms with Crippen LogP contribution in [0.1, 0.15) is 6.92 Å². The van der Waals surface area contributed by atoms with Gasteiger partial charge in [0.25, 0.3) is 0 Å². The lowest BCUT2D eigenvalue weighted by molar-refractivity contribution is -0.318. The summed E-state index contributed by atoms with van der Waals surface area (Å²) < 4.78 is 32.9. The third-order valence-corrected chi connectivity index (χ3v) is 7.64. The molecule has 0 spiro atoms. The summed E-state index contributed by atoms with van der Waals surface area (Å²) in [6, 6.07) is 4.18. The van der Waals surface area contributed by atoms with Crippen molar-refractivity contribution in [3.8, 4) is 45.8 Å². The van der Waals surface area contributed by atoms with Crippen LogP contribution in [-0.4, -0.2) is 126 Å². The smallest absolute Gasteiger partial charge is 0.239 e. The first-order valence-corrected chi connectivity index (χ1v) is 13.5. The second-order valence-electron chi connectivity index (χ2n) is 10.6. The Morgan fingerprint density at radius 2 is 1.44 bits per heavy atom. The highest BCUT2D eigenvalue weighted by molar-refractivity contribution is 5.93. The highest BCUT2D eigenvalue weighted by Crippen LogP contribution is 2.44. The summed E-state index contributed by atoms with van der Waals surface area (Å²) in [4.78, 5) is 13.7. The Kier molecular flexibility index (Phi) is 9.00. The maximum atomic E-state index is 13.7. The van der Waals surface area contributed by atoms with Gasteiger partial charge in [0.15, 0.2) is 34.9 Å². The Bertz CT molecular complexity index is 1610. The largest absolute Gasteiger partial charge is 0.507 e. The number of methoxy groups -OCH3 is 1. The van der Waals surface area contributed by atoms with Crippen LogP contribution in [0, 0.1) is 0 Å². The van der Waals surface area contributed by atoms with Crippen LogP contribution in [0.15, 0.2) is 33.5 Å². The molecule has 2 aromatic carbocycles. The number of ether oxygens (including phenoxy) is 5. The van der Waals surface area contributed by atoms with E-state index < -0.39 is 119 Å². The van der Waals surface area contributed by atoms with Gasteiger partial charge in [0, 0.05) is 11.6 Å². The molecule has 3 heterocycles. The summed E-state index contributed by atoms with van der Waals surface area (Å²) in [5.74, 6) is -4.04. The summed E-state index contributed by atoms with van der Waals surface area (Å²) >= 11 is 0. The first-order chi connectivity index (χ1) is 21.2. The maximum absolute atomic E-state index is 13.7. The lowest BCUT2D eigenvalue weighted by atomic mass is 9.98. The molecule has 10 N–H and O–H groups in total. The summed E-state index contributed by atoms with van der Waals surface area (Å²) in [5.41, 5.74) is -1.75. The zero-order valence-corrected chi connectivity index (χ0v) is 23.6. The van der Waals surface area contributed by atoms with Crippen molar-refractivity contribution in [2.45, 2.75) is 68.3 Å². The highest BCUT2D eigenvalue weighted by Gasteiger charge is 2.48. The molecule has 2 aliphatic heterocycles. The highest BCUT2D eigenvalue weighted by atomic mass is 16.7. The minimum absolute atomic E-state index is 0.0925. The second-order valence-corrected chi connectivity index (χ2v) is 10.6. The molecule has 17 nitrogen and oxygen atoms in total. The molecular formula is C28H32O17. The molecule has 1 aromatic heterocycles. The van der Waals surface area contributed by atoms with Crippen LogP contribution in [0.5, 0.6) is 34.5 Å². The van der Waals surface area contributed by atoms with Crippen molar-refractivity contribution in [2.75, 3.05) is 13.7 Å². The van der Waals surface area contributed by atoms with Crippen molar-refractivity contribution in [3.63, 3.8) is 0 Å². The van der Waals surface area contributed by atoms with Crippen LogP contribution in [0.4, 0.5) is 0 Å². The van der Waals surface area contributed by atoms with Gasteiger partial charge in [-0.05, 0) is 25.1 Å². The molecule has 246 valence electrons. The van der Waals surface area contributed by atoms with E-state index in [-0.39, 0.29) is 11.3 Å². The van der Waals surface area contributed by atoms with Crippen molar-refractivity contribution in [1.82, 2.24) is 0 Å². The Morgan fingerprint density at radius 3 is 2.11 bits per heavy atom. The van der Waals surface area contributed by atoms with Gasteiger partial charge < -0.3 is 79.2 Å². The van der Waals surface area contributed by atoms with Gasteiger partial charge >= 0.3 is 0 Å². The number of phenols is 4. The van der Waals surface area contributed by atoms with E-state index in [0.29, 0.717) is 0 Å². The fourth-order valence-corrected chi connectivity index (χ4v) is 5.02. The van der Waals surface area contributed by atoms with Crippen LogP contribution < -0.4 is 14.9 Å². The molecule has 10 atom stereocenters. The lowest BCUT2D eigenvalue weighted by Gasteiger charge is -2.42. The van der Waals surface area contributed by atoms with E-state index in [2.05, 4.69) is 0 Å². The molecule has 5 rings (SSSR count). The number of phenolic OH excluding ortho intramolecular Hbond substituents is 4. The lowest BCUT2D eigenvalue weighted by Crippen LogP contribution is -2.61. The van der Waals surface area contributed by atoms with Gasteiger partial charge in [0.2, 0.25) is 23.2 Å². The molecule has 3 aromatic rings. The van der Waals surface area contributed by atoms with Gasteiger partial charge in [-0.15, -0.1) is 0 Å². The Labute approximate surface area is 252 Å². The third-order valence-electron chi connectivity index (χ3n) is 7.64. The van der Waals surface area contributed by atoms with Crippen LogP contribution in [0.2, 0.25) is 0 Å². The Balaban J connectivity index is 1.52. The first kappa shape index (κ1) is 32.5. The summed E-state index contributed by atoms with van der Waals surface area (Å²) in [6.07, 6.45) is -16.4. The molecule has 0 aliphatic carbocycles. The van der Waals surface area contributed by atoms with E-state index in [1.807, 2.05) is 0 Å². The predicted molar refractivity (Wildman–Crippen MR) is 147 cm³/mol. The number of aromatic hydroxyl groups is 4. The average Bonchev–Trinajstić information content (AvgIpc) is 3.01. The molecule has 2 saturated heterocycles. The number of fused-ring (bicyclic) bond motifs is 1. The fourth-order valence-electron chi connectivity index (χ4n) is 5.02.